The van der Waals surface area contributed by atoms with Crippen LogP contribution < -0.4 is 5.32 Å². The van der Waals surface area contributed by atoms with Gasteiger partial charge in [0.15, 0.2) is 0 Å². The Morgan fingerprint density at radius 3 is 2.74 bits per heavy atom. The van der Waals surface area contributed by atoms with E-state index in [1.54, 1.807) is 24.7 Å². The van der Waals surface area contributed by atoms with E-state index < -0.39 is 5.60 Å². The molecular formula is C15H25N7O. The van der Waals surface area contributed by atoms with E-state index in [4.69, 9.17) is 0 Å². The molecule has 8 nitrogen and oxygen atoms in total. The molecule has 0 amide bonds. The van der Waals surface area contributed by atoms with Crippen molar-refractivity contribution in [2.45, 2.75) is 63.8 Å². The standard InChI is InChI=1S/C15H25N7O/c1-15(2,23)14-10-22(20-18-14)13-7-5-4-6-12(13)16-8-11-9-17-19-21(11)3/h9-10,12-13,16,23H,4-8H2,1-3H3/t12-,13+/m0/s1. The molecule has 0 bridgehead atoms. The van der Waals surface area contributed by atoms with Crippen LogP contribution in [0.5, 0.6) is 0 Å². The Labute approximate surface area is 135 Å². The van der Waals surface area contributed by atoms with Crippen molar-refractivity contribution in [3.05, 3.63) is 23.8 Å². The van der Waals surface area contributed by atoms with Crippen LogP contribution in [0.1, 0.15) is 57.0 Å². The van der Waals surface area contributed by atoms with Crippen molar-refractivity contribution in [3.63, 3.8) is 0 Å². The summed E-state index contributed by atoms with van der Waals surface area (Å²) in [5.41, 5.74) is 0.707. The highest BCUT2D eigenvalue weighted by atomic mass is 16.3. The van der Waals surface area contributed by atoms with Crippen molar-refractivity contribution in [2.24, 2.45) is 7.05 Å². The van der Waals surface area contributed by atoms with E-state index in [1.165, 1.54) is 12.8 Å². The van der Waals surface area contributed by atoms with Gasteiger partial charge < -0.3 is 10.4 Å². The van der Waals surface area contributed by atoms with Gasteiger partial charge in [0.25, 0.3) is 0 Å². The number of nitrogens with one attached hydrogen (secondary N) is 1. The minimum Gasteiger partial charge on any atom is -0.384 e. The first-order valence-electron chi connectivity index (χ1n) is 8.17. The first kappa shape index (κ1) is 16.1. The van der Waals surface area contributed by atoms with E-state index in [2.05, 4.69) is 25.9 Å². The van der Waals surface area contributed by atoms with Crippen molar-refractivity contribution in [2.75, 3.05) is 0 Å². The van der Waals surface area contributed by atoms with Crippen LogP contribution >= 0.6 is 0 Å². The van der Waals surface area contributed by atoms with Crippen molar-refractivity contribution >= 4 is 0 Å². The summed E-state index contributed by atoms with van der Waals surface area (Å²) in [6.07, 6.45) is 8.23. The van der Waals surface area contributed by atoms with Crippen LogP contribution in [-0.4, -0.2) is 41.1 Å². The number of aliphatic hydroxyl groups is 1. The first-order valence-corrected chi connectivity index (χ1v) is 8.17. The van der Waals surface area contributed by atoms with Gasteiger partial charge in [0.1, 0.15) is 11.3 Å². The van der Waals surface area contributed by atoms with Gasteiger partial charge in [-0.1, -0.05) is 23.3 Å². The molecule has 8 heteroatoms. The van der Waals surface area contributed by atoms with Gasteiger partial charge in [-0.15, -0.1) is 10.2 Å². The lowest BCUT2D eigenvalue weighted by Gasteiger charge is -2.32. The molecule has 2 atom stereocenters. The molecule has 2 aromatic rings. The van der Waals surface area contributed by atoms with Crippen LogP contribution in [0.15, 0.2) is 12.4 Å². The molecule has 0 unspecified atom stereocenters. The van der Waals surface area contributed by atoms with Gasteiger partial charge in [-0.05, 0) is 26.7 Å². The maximum atomic E-state index is 10.1. The molecule has 0 spiro atoms. The summed E-state index contributed by atoms with van der Waals surface area (Å²) in [4.78, 5) is 0. The fraction of sp³-hybridized carbons (Fsp3) is 0.733. The number of rotatable bonds is 5. The molecule has 2 aromatic heterocycles. The van der Waals surface area contributed by atoms with Gasteiger partial charge >= 0.3 is 0 Å². The van der Waals surface area contributed by atoms with Crippen molar-refractivity contribution in [1.29, 1.82) is 0 Å². The number of hydrogen-bond acceptors (Lipinski definition) is 6. The molecule has 0 saturated heterocycles. The summed E-state index contributed by atoms with van der Waals surface area (Å²) in [7, 11) is 1.90. The van der Waals surface area contributed by atoms with Crippen molar-refractivity contribution in [3.8, 4) is 0 Å². The second-order valence-corrected chi connectivity index (χ2v) is 6.83. The lowest BCUT2D eigenvalue weighted by molar-refractivity contribution is 0.0736. The summed E-state index contributed by atoms with van der Waals surface area (Å²) in [6.45, 7) is 4.19. The number of aryl methyl sites for hydroxylation is 1. The van der Waals surface area contributed by atoms with Crippen molar-refractivity contribution < 1.29 is 5.11 Å². The second kappa shape index (κ2) is 6.37. The summed E-state index contributed by atoms with van der Waals surface area (Å²) < 4.78 is 3.69. The third kappa shape index (κ3) is 3.59. The van der Waals surface area contributed by atoms with Gasteiger partial charge in [-0.2, -0.15) is 0 Å². The highest BCUT2D eigenvalue weighted by Gasteiger charge is 2.29. The second-order valence-electron chi connectivity index (χ2n) is 6.83. The molecule has 0 aromatic carbocycles. The van der Waals surface area contributed by atoms with Gasteiger partial charge in [-0.3, -0.25) is 4.68 Å². The Hall–Kier alpha value is -1.80. The predicted octanol–water partition coefficient (Wildman–Crippen LogP) is 0.907. The fourth-order valence-corrected chi connectivity index (χ4v) is 3.09. The van der Waals surface area contributed by atoms with Crippen LogP contribution in [-0.2, 0) is 19.2 Å². The molecular weight excluding hydrogens is 294 g/mol. The average Bonchev–Trinajstić information content (AvgIpc) is 3.14. The molecule has 1 fully saturated rings. The smallest absolute Gasteiger partial charge is 0.114 e. The van der Waals surface area contributed by atoms with E-state index in [0.717, 1.165) is 25.1 Å². The maximum absolute atomic E-state index is 10.1. The van der Waals surface area contributed by atoms with Crippen LogP contribution in [0.4, 0.5) is 0 Å². The lowest BCUT2D eigenvalue weighted by Crippen LogP contribution is -2.40. The Morgan fingerprint density at radius 2 is 2.09 bits per heavy atom. The average molecular weight is 319 g/mol. The third-order valence-corrected chi connectivity index (χ3v) is 4.56. The maximum Gasteiger partial charge on any atom is 0.114 e. The zero-order valence-corrected chi connectivity index (χ0v) is 14.0. The minimum absolute atomic E-state index is 0.258. The van der Waals surface area contributed by atoms with E-state index in [1.807, 2.05) is 17.9 Å². The van der Waals surface area contributed by atoms with E-state index in [0.29, 0.717) is 11.7 Å². The number of hydrogen-bond donors (Lipinski definition) is 2. The van der Waals surface area contributed by atoms with Gasteiger partial charge in [0.2, 0.25) is 0 Å². The lowest BCUT2D eigenvalue weighted by atomic mass is 9.90. The summed E-state index contributed by atoms with van der Waals surface area (Å²) >= 11 is 0. The Morgan fingerprint density at radius 1 is 1.30 bits per heavy atom. The summed E-state index contributed by atoms with van der Waals surface area (Å²) in [5, 5.41) is 29.9. The summed E-state index contributed by atoms with van der Waals surface area (Å²) in [5.74, 6) is 0. The molecule has 2 N–H and O–H groups in total. The Balaban J connectivity index is 1.71. The molecule has 1 saturated carbocycles. The Kier molecular flexibility index (Phi) is 4.45. The normalized spacial score (nSPS) is 22.4. The first-order chi connectivity index (χ1) is 10.9. The van der Waals surface area contributed by atoms with Crippen LogP contribution in [0.3, 0.4) is 0 Å². The highest BCUT2D eigenvalue weighted by molar-refractivity contribution is 5.04. The van der Waals surface area contributed by atoms with Crippen molar-refractivity contribution in [1.82, 2.24) is 35.3 Å². The molecule has 126 valence electrons. The van der Waals surface area contributed by atoms with Gasteiger partial charge in [-0.25, -0.2) is 4.68 Å². The van der Waals surface area contributed by atoms with Crippen LogP contribution in [0.25, 0.3) is 0 Å². The fourth-order valence-electron chi connectivity index (χ4n) is 3.09. The molecule has 2 heterocycles. The number of nitrogens with zero attached hydrogens (tertiary/aromatic N) is 6. The zero-order valence-electron chi connectivity index (χ0n) is 14.0. The molecule has 23 heavy (non-hydrogen) atoms. The molecule has 3 rings (SSSR count). The van der Waals surface area contributed by atoms with E-state index in [9.17, 15) is 5.11 Å². The zero-order chi connectivity index (χ0) is 16.4. The van der Waals surface area contributed by atoms with Gasteiger partial charge in [0, 0.05) is 19.6 Å². The van der Waals surface area contributed by atoms with Gasteiger partial charge in [0.05, 0.1) is 24.1 Å². The Bertz CT molecular complexity index is 642. The van der Waals surface area contributed by atoms with E-state index >= 15 is 0 Å². The topological polar surface area (TPSA) is 93.7 Å². The largest absolute Gasteiger partial charge is 0.384 e. The third-order valence-electron chi connectivity index (χ3n) is 4.56. The molecule has 0 aliphatic heterocycles. The minimum atomic E-state index is -0.962. The SMILES string of the molecule is Cn1nncc1CN[C@H]1CCCC[C@H]1n1cc(C(C)(C)O)nn1. The highest BCUT2D eigenvalue weighted by Crippen LogP contribution is 2.29. The predicted molar refractivity (Wildman–Crippen MR) is 84.4 cm³/mol. The quantitative estimate of drug-likeness (QED) is 0.851. The number of aromatic nitrogens is 6. The van der Waals surface area contributed by atoms with Crippen LogP contribution in [0, 0.1) is 0 Å². The molecule has 0 radical (unpaired) electrons. The van der Waals surface area contributed by atoms with Crippen LogP contribution in [0.2, 0.25) is 0 Å². The molecule has 1 aliphatic carbocycles. The summed E-state index contributed by atoms with van der Waals surface area (Å²) in [6, 6.07) is 0.587. The molecule has 1 aliphatic rings. The van der Waals surface area contributed by atoms with E-state index in [-0.39, 0.29) is 6.04 Å². The monoisotopic (exact) mass is 319 g/mol.